The fourth-order valence-corrected chi connectivity index (χ4v) is 3.41. The van der Waals surface area contributed by atoms with Crippen LogP contribution in [0.25, 0.3) is 0 Å². The Hall–Kier alpha value is -3.80. The predicted octanol–water partition coefficient (Wildman–Crippen LogP) is 6.28. The van der Waals surface area contributed by atoms with Gasteiger partial charge in [0, 0.05) is 11.4 Å². The number of aryl methyl sites for hydroxylation is 1. The molecule has 0 heterocycles. The molecule has 3 aromatic carbocycles. The summed E-state index contributed by atoms with van der Waals surface area (Å²) >= 11 is 0. The Balaban J connectivity index is 1.50. The summed E-state index contributed by atoms with van der Waals surface area (Å²) < 4.78 is 11.2. The number of anilines is 2. The van der Waals surface area contributed by atoms with Gasteiger partial charge in [0.15, 0.2) is 13.2 Å². The molecule has 3 rings (SSSR count). The van der Waals surface area contributed by atoms with E-state index in [0.29, 0.717) is 34.7 Å². The molecule has 0 aliphatic heterocycles. The number of rotatable bonds is 10. The molecule has 0 saturated heterocycles. The predicted molar refractivity (Wildman–Crippen MR) is 140 cm³/mol. The van der Waals surface area contributed by atoms with Gasteiger partial charge in [0.2, 0.25) is 0 Å². The highest BCUT2D eigenvalue weighted by Crippen LogP contribution is 2.22. The molecule has 35 heavy (non-hydrogen) atoms. The number of nitrogens with one attached hydrogen (secondary N) is 2. The number of ether oxygens (including phenoxy) is 2. The first-order chi connectivity index (χ1) is 16.7. The lowest BCUT2D eigenvalue weighted by Crippen LogP contribution is -2.22. The molecule has 0 aliphatic carbocycles. The summed E-state index contributed by atoms with van der Waals surface area (Å²) in [6.07, 6.45) is 0. The van der Waals surface area contributed by atoms with Gasteiger partial charge in [-0.05, 0) is 71.8 Å². The van der Waals surface area contributed by atoms with Gasteiger partial charge in [0.05, 0.1) is 0 Å². The monoisotopic (exact) mass is 474 g/mol. The maximum atomic E-state index is 12.4. The number of amides is 2. The summed E-state index contributed by atoms with van der Waals surface area (Å²) in [7, 11) is 0. The average Bonchev–Trinajstić information content (AvgIpc) is 2.84. The molecule has 6 nitrogen and oxygen atoms in total. The van der Waals surface area contributed by atoms with Crippen LogP contribution >= 0.6 is 0 Å². The number of carbonyl (C=O) groups excluding carboxylic acids is 2. The largest absolute Gasteiger partial charge is 0.484 e. The van der Waals surface area contributed by atoms with Crippen molar-refractivity contribution in [2.75, 3.05) is 23.8 Å². The summed E-state index contributed by atoms with van der Waals surface area (Å²) in [6.45, 7) is 10.2. The zero-order valence-corrected chi connectivity index (χ0v) is 21.1. The smallest absolute Gasteiger partial charge is 0.262 e. The quantitative estimate of drug-likeness (QED) is 0.363. The van der Waals surface area contributed by atoms with Gasteiger partial charge in [-0.1, -0.05) is 58.0 Å². The van der Waals surface area contributed by atoms with Crippen LogP contribution < -0.4 is 20.1 Å². The van der Waals surface area contributed by atoms with E-state index in [1.54, 1.807) is 12.1 Å². The molecular weight excluding hydrogens is 440 g/mol. The zero-order valence-electron chi connectivity index (χ0n) is 21.1. The van der Waals surface area contributed by atoms with Crippen LogP contribution in [0.4, 0.5) is 11.4 Å². The number of hydrogen-bond acceptors (Lipinski definition) is 4. The fraction of sp³-hybridized carbons (Fsp3) is 0.310. The van der Waals surface area contributed by atoms with Crippen LogP contribution in [0.1, 0.15) is 56.2 Å². The normalized spacial score (nSPS) is 10.8. The minimum absolute atomic E-state index is 0.111. The second kappa shape index (κ2) is 12.1. The lowest BCUT2D eigenvalue weighted by molar-refractivity contribution is -0.118. The van der Waals surface area contributed by atoms with Crippen molar-refractivity contribution in [2.45, 2.75) is 46.5 Å². The van der Waals surface area contributed by atoms with Gasteiger partial charge in [0.25, 0.3) is 11.8 Å². The molecule has 2 amide bonds. The molecule has 2 N–H and O–H groups in total. The van der Waals surface area contributed by atoms with Crippen LogP contribution in [0.3, 0.4) is 0 Å². The lowest BCUT2D eigenvalue weighted by atomic mass is 10.0. The maximum Gasteiger partial charge on any atom is 0.262 e. The van der Waals surface area contributed by atoms with Crippen LogP contribution in [-0.2, 0) is 9.59 Å². The van der Waals surface area contributed by atoms with Crippen LogP contribution in [0.2, 0.25) is 0 Å². The van der Waals surface area contributed by atoms with E-state index in [-0.39, 0.29) is 25.0 Å². The Kier molecular flexibility index (Phi) is 8.90. The van der Waals surface area contributed by atoms with Crippen LogP contribution in [0, 0.1) is 6.92 Å². The summed E-state index contributed by atoms with van der Waals surface area (Å²) in [6, 6.07) is 20.8. The number of benzene rings is 3. The molecule has 6 heteroatoms. The highest BCUT2D eigenvalue weighted by molar-refractivity contribution is 5.95. The van der Waals surface area contributed by atoms with Crippen molar-refractivity contribution in [3.63, 3.8) is 0 Å². The Labute approximate surface area is 207 Å². The molecule has 0 spiro atoms. The average molecular weight is 475 g/mol. The Morgan fingerprint density at radius 1 is 0.686 bits per heavy atom. The van der Waals surface area contributed by atoms with Crippen molar-refractivity contribution < 1.29 is 19.1 Å². The first-order valence-electron chi connectivity index (χ1n) is 11.9. The highest BCUT2D eigenvalue weighted by atomic mass is 16.5. The summed E-state index contributed by atoms with van der Waals surface area (Å²) in [5, 5.41) is 5.66. The molecule has 0 radical (unpaired) electrons. The third-order valence-electron chi connectivity index (χ3n) is 5.63. The summed E-state index contributed by atoms with van der Waals surface area (Å²) in [4.78, 5) is 24.8. The zero-order chi connectivity index (χ0) is 25.4. The van der Waals surface area contributed by atoms with Gasteiger partial charge in [-0.25, -0.2) is 0 Å². The SMILES string of the molecule is Cc1ccc(NC(=O)COc2ccc(C(C)C)cc2)cc1NC(=O)COc1ccc(C(C)C)cc1. The Morgan fingerprint density at radius 3 is 1.60 bits per heavy atom. The second-order valence-corrected chi connectivity index (χ2v) is 9.15. The summed E-state index contributed by atoms with van der Waals surface area (Å²) in [5.74, 6) is 1.59. The molecule has 0 aliphatic rings. The molecule has 0 bridgehead atoms. The van der Waals surface area contributed by atoms with E-state index in [2.05, 4.69) is 38.3 Å². The minimum Gasteiger partial charge on any atom is -0.484 e. The molecule has 3 aromatic rings. The van der Waals surface area contributed by atoms with Gasteiger partial charge in [-0.15, -0.1) is 0 Å². The highest BCUT2D eigenvalue weighted by Gasteiger charge is 2.10. The third kappa shape index (κ3) is 7.88. The van der Waals surface area contributed by atoms with Gasteiger partial charge < -0.3 is 20.1 Å². The molecule has 0 atom stereocenters. The molecule has 0 unspecified atom stereocenters. The van der Waals surface area contributed by atoms with Crippen molar-refractivity contribution in [3.05, 3.63) is 83.4 Å². The molecule has 0 saturated carbocycles. The fourth-order valence-electron chi connectivity index (χ4n) is 3.41. The topological polar surface area (TPSA) is 76.7 Å². The Bertz CT molecular complexity index is 1140. The third-order valence-corrected chi connectivity index (χ3v) is 5.63. The maximum absolute atomic E-state index is 12.4. The van der Waals surface area contributed by atoms with Crippen LogP contribution in [0.15, 0.2) is 66.7 Å². The van der Waals surface area contributed by atoms with Crippen LogP contribution in [-0.4, -0.2) is 25.0 Å². The van der Waals surface area contributed by atoms with E-state index in [9.17, 15) is 9.59 Å². The van der Waals surface area contributed by atoms with Gasteiger partial charge in [-0.3, -0.25) is 9.59 Å². The van der Waals surface area contributed by atoms with Crippen molar-refractivity contribution in [1.82, 2.24) is 0 Å². The van der Waals surface area contributed by atoms with Crippen molar-refractivity contribution in [2.24, 2.45) is 0 Å². The van der Waals surface area contributed by atoms with E-state index >= 15 is 0 Å². The van der Waals surface area contributed by atoms with Gasteiger partial charge >= 0.3 is 0 Å². The van der Waals surface area contributed by atoms with E-state index in [1.165, 1.54) is 11.1 Å². The molecular formula is C29H34N2O4. The Morgan fingerprint density at radius 2 is 1.14 bits per heavy atom. The van der Waals surface area contributed by atoms with Crippen molar-refractivity contribution >= 4 is 23.2 Å². The molecule has 0 fully saturated rings. The van der Waals surface area contributed by atoms with E-state index in [0.717, 1.165) is 5.56 Å². The van der Waals surface area contributed by atoms with E-state index < -0.39 is 0 Å². The van der Waals surface area contributed by atoms with Crippen molar-refractivity contribution in [3.8, 4) is 11.5 Å². The van der Waals surface area contributed by atoms with Crippen LogP contribution in [0.5, 0.6) is 11.5 Å². The van der Waals surface area contributed by atoms with Gasteiger partial charge in [-0.2, -0.15) is 0 Å². The number of carbonyl (C=O) groups is 2. The van der Waals surface area contributed by atoms with E-state index in [1.807, 2.05) is 61.5 Å². The first kappa shape index (κ1) is 25.8. The van der Waals surface area contributed by atoms with Crippen molar-refractivity contribution in [1.29, 1.82) is 0 Å². The van der Waals surface area contributed by atoms with E-state index in [4.69, 9.17) is 9.47 Å². The van der Waals surface area contributed by atoms with Gasteiger partial charge in [0.1, 0.15) is 11.5 Å². The second-order valence-electron chi connectivity index (χ2n) is 9.15. The number of hydrogen-bond donors (Lipinski definition) is 2. The summed E-state index contributed by atoms with van der Waals surface area (Å²) in [5.41, 5.74) is 4.48. The molecule has 184 valence electrons. The minimum atomic E-state index is -0.285. The first-order valence-corrected chi connectivity index (χ1v) is 11.9. The standard InChI is InChI=1S/C29H34N2O4/c1-19(2)22-7-12-25(13-8-22)34-17-28(32)30-24-11-6-21(5)27(16-24)31-29(33)18-35-26-14-9-23(10-15-26)20(3)4/h6-16,19-20H,17-18H2,1-5H3,(H,30,32)(H,31,33). The lowest BCUT2D eigenvalue weighted by Gasteiger charge is -2.13. The molecule has 0 aromatic heterocycles.